The standard InChI is InChI=1S/C16H19F2N5O2S/c1-22-14(9-23-4-6-25-7-5-23)20-21-16(22)26-10-15(24)19-13-3-2-11(17)8-12(13)18/h2-3,8H,4-7,9-10H2,1H3,(H,19,24)/p+1. The molecule has 0 saturated carbocycles. The Morgan fingerprint density at radius 2 is 2.12 bits per heavy atom. The number of benzene rings is 1. The minimum absolute atomic E-state index is 0.0488. The Balaban J connectivity index is 1.53. The van der Waals surface area contributed by atoms with E-state index in [1.165, 1.54) is 22.7 Å². The number of nitrogens with zero attached hydrogens (tertiary/aromatic N) is 3. The van der Waals surface area contributed by atoms with Gasteiger partial charge in [0.2, 0.25) is 5.91 Å². The van der Waals surface area contributed by atoms with E-state index in [9.17, 15) is 13.6 Å². The summed E-state index contributed by atoms with van der Waals surface area (Å²) in [6.45, 7) is 4.10. The molecule has 0 atom stereocenters. The van der Waals surface area contributed by atoms with Gasteiger partial charge in [-0.25, -0.2) is 8.78 Å². The summed E-state index contributed by atoms with van der Waals surface area (Å²) in [5.41, 5.74) is -0.0495. The molecule has 1 amide bonds. The Kier molecular flexibility index (Phi) is 6.17. The van der Waals surface area contributed by atoms with Crippen molar-refractivity contribution in [3.8, 4) is 0 Å². The number of amides is 1. The molecule has 7 nitrogen and oxygen atoms in total. The number of anilines is 1. The number of carbonyl (C=O) groups excluding carboxylic acids is 1. The summed E-state index contributed by atoms with van der Waals surface area (Å²) >= 11 is 1.21. The summed E-state index contributed by atoms with van der Waals surface area (Å²) in [7, 11) is 1.86. The van der Waals surface area contributed by atoms with Gasteiger partial charge in [0.25, 0.3) is 0 Å². The molecule has 1 saturated heterocycles. The Morgan fingerprint density at radius 1 is 1.35 bits per heavy atom. The van der Waals surface area contributed by atoms with Crippen molar-refractivity contribution in [2.24, 2.45) is 7.05 Å². The van der Waals surface area contributed by atoms with E-state index >= 15 is 0 Å². The molecule has 140 valence electrons. The first kappa shape index (κ1) is 18.7. The number of carbonyl (C=O) groups is 1. The maximum Gasteiger partial charge on any atom is 0.234 e. The van der Waals surface area contributed by atoms with Crippen LogP contribution in [0.2, 0.25) is 0 Å². The van der Waals surface area contributed by atoms with Crippen LogP contribution < -0.4 is 10.2 Å². The van der Waals surface area contributed by atoms with Crippen molar-refractivity contribution in [2.45, 2.75) is 11.7 Å². The van der Waals surface area contributed by atoms with E-state index < -0.39 is 17.5 Å². The summed E-state index contributed by atoms with van der Waals surface area (Å²) in [5.74, 6) is -1.01. The van der Waals surface area contributed by atoms with Gasteiger partial charge in [0.05, 0.1) is 24.7 Å². The molecule has 1 fully saturated rings. The lowest BCUT2D eigenvalue weighted by atomic mass is 10.3. The highest BCUT2D eigenvalue weighted by Crippen LogP contribution is 2.18. The number of aromatic nitrogens is 3. The van der Waals surface area contributed by atoms with Gasteiger partial charge in [0.1, 0.15) is 31.3 Å². The molecule has 2 heterocycles. The minimum Gasteiger partial charge on any atom is -0.370 e. The first-order valence-corrected chi connectivity index (χ1v) is 9.19. The second-order valence-corrected chi connectivity index (χ2v) is 6.90. The minimum atomic E-state index is -0.808. The van der Waals surface area contributed by atoms with Crippen LogP contribution in [-0.4, -0.2) is 52.7 Å². The van der Waals surface area contributed by atoms with E-state index in [1.54, 1.807) is 0 Å². The monoisotopic (exact) mass is 384 g/mol. The van der Waals surface area contributed by atoms with E-state index in [0.717, 1.165) is 50.8 Å². The van der Waals surface area contributed by atoms with Crippen LogP contribution in [0, 0.1) is 11.6 Å². The van der Waals surface area contributed by atoms with Gasteiger partial charge < -0.3 is 19.5 Å². The van der Waals surface area contributed by atoms with Crippen molar-refractivity contribution in [3.05, 3.63) is 35.7 Å². The Hall–Kier alpha value is -2.04. The van der Waals surface area contributed by atoms with E-state index in [4.69, 9.17) is 4.74 Å². The molecular formula is C16H20F2N5O2S+. The largest absolute Gasteiger partial charge is 0.370 e. The molecule has 2 aromatic rings. The quantitative estimate of drug-likeness (QED) is 0.698. The fourth-order valence-electron chi connectivity index (χ4n) is 2.59. The van der Waals surface area contributed by atoms with Crippen molar-refractivity contribution >= 4 is 23.4 Å². The van der Waals surface area contributed by atoms with Gasteiger partial charge in [-0.15, -0.1) is 10.2 Å². The maximum absolute atomic E-state index is 13.6. The van der Waals surface area contributed by atoms with Gasteiger partial charge in [-0.2, -0.15) is 0 Å². The molecule has 10 heteroatoms. The van der Waals surface area contributed by atoms with Crippen LogP contribution in [0.25, 0.3) is 0 Å². The van der Waals surface area contributed by atoms with Crippen molar-refractivity contribution in [1.82, 2.24) is 14.8 Å². The zero-order valence-corrected chi connectivity index (χ0v) is 15.1. The number of hydrogen-bond donors (Lipinski definition) is 2. The molecule has 0 bridgehead atoms. The summed E-state index contributed by atoms with van der Waals surface area (Å²) < 4.78 is 33.7. The fraction of sp³-hybridized carbons (Fsp3) is 0.438. The average Bonchev–Trinajstić information content (AvgIpc) is 2.96. The molecular weight excluding hydrogens is 364 g/mol. The molecule has 26 heavy (non-hydrogen) atoms. The lowest BCUT2D eigenvalue weighted by Crippen LogP contribution is -3.12. The summed E-state index contributed by atoms with van der Waals surface area (Å²) in [4.78, 5) is 13.4. The molecule has 1 aromatic carbocycles. The SMILES string of the molecule is Cn1c(C[NH+]2CCOCC2)nnc1SCC(=O)Nc1ccc(F)cc1F. The number of hydrogen-bond acceptors (Lipinski definition) is 5. The molecule has 1 aliphatic heterocycles. The Morgan fingerprint density at radius 3 is 2.85 bits per heavy atom. The lowest BCUT2D eigenvalue weighted by Gasteiger charge is -2.23. The predicted molar refractivity (Wildman–Crippen MR) is 91.9 cm³/mol. The van der Waals surface area contributed by atoms with Gasteiger partial charge in [-0.05, 0) is 12.1 Å². The number of halogens is 2. The van der Waals surface area contributed by atoms with Crippen LogP contribution in [0.5, 0.6) is 0 Å². The van der Waals surface area contributed by atoms with Gasteiger partial charge in [-0.3, -0.25) is 4.79 Å². The second kappa shape index (κ2) is 8.56. The molecule has 1 aromatic heterocycles. The second-order valence-electron chi connectivity index (χ2n) is 5.96. The van der Waals surface area contributed by atoms with Gasteiger partial charge in [0.15, 0.2) is 11.0 Å². The number of morpholine rings is 1. The van der Waals surface area contributed by atoms with E-state index in [1.807, 2.05) is 11.6 Å². The molecule has 0 radical (unpaired) electrons. The third kappa shape index (κ3) is 4.77. The van der Waals surface area contributed by atoms with Gasteiger partial charge >= 0.3 is 0 Å². The normalized spacial score (nSPS) is 15.2. The fourth-order valence-corrected chi connectivity index (χ4v) is 3.32. The van der Waals surface area contributed by atoms with Crippen molar-refractivity contribution < 1.29 is 23.2 Å². The van der Waals surface area contributed by atoms with Crippen molar-refractivity contribution in [2.75, 3.05) is 37.4 Å². The predicted octanol–water partition coefficient (Wildman–Crippen LogP) is 0.239. The number of rotatable bonds is 6. The van der Waals surface area contributed by atoms with Gasteiger partial charge in [-0.1, -0.05) is 11.8 Å². The van der Waals surface area contributed by atoms with Crippen molar-refractivity contribution in [1.29, 1.82) is 0 Å². The topological polar surface area (TPSA) is 73.5 Å². The Labute approximate surface area is 153 Å². The summed E-state index contributed by atoms with van der Waals surface area (Å²) in [6.07, 6.45) is 0. The number of thioether (sulfide) groups is 1. The van der Waals surface area contributed by atoms with Crippen LogP contribution in [-0.2, 0) is 23.1 Å². The third-order valence-electron chi connectivity index (χ3n) is 4.07. The number of nitrogens with one attached hydrogen (secondary N) is 2. The summed E-state index contributed by atoms with van der Waals surface area (Å²) in [6, 6.07) is 3.01. The first-order chi connectivity index (χ1) is 12.5. The summed E-state index contributed by atoms with van der Waals surface area (Å²) in [5, 5.41) is 11.3. The molecule has 3 rings (SSSR count). The first-order valence-electron chi connectivity index (χ1n) is 8.20. The maximum atomic E-state index is 13.6. The van der Waals surface area contributed by atoms with E-state index in [-0.39, 0.29) is 11.4 Å². The third-order valence-corrected chi connectivity index (χ3v) is 5.09. The molecule has 0 spiro atoms. The highest BCUT2D eigenvalue weighted by Gasteiger charge is 2.19. The van der Waals surface area contributed by atoms with Crippen molar-refractivity contribution in [3.63, 3.8) is 0 Å². The zero-order chi connectivity index (χ0) is 18.5. The van der Waals surface area contributed by atoms with Crippen LogP contribution in [0.1, 0.15) is 5.82 Å². The zero-order valence-electron chi connectivity index (χ0n) is 14.3. The Bertz CT molecular complexity index is 780. The highest BCUT2D eigenvalue weighted by atomic mass is 32.2. The van der Waals surface area contributed by atoms with Crippen LogP contribution in [0.3, 0.4) is 0 Å². The molecule has 0 aliphatic carbocycles. The molecule has 0 unspecified atom stereocenters. The number of ether oxygens (including phenoxy) is 1. The van der Waals surface area contributed by atoms with Crippen LogP contribution in [0.4, 0.5) is 14.5 Å². The van der Waals surface area contributed by atoms with E-state index in [2.05, 4.69) is 15.5 Å². The van der Waals surface area contributed by atoms with Crippen LogP contribution >= 0.6 is 11.8 Å². The number of quaternary nitrogens is 1. The average molecular weight is 384 g/mol. The highest BCUT2D eigenvalue weighted by molar-refractivity contribution is 7.99. The lowest BCUT2D eigenvalue weighted by molar-refractivity contribution is -0.922. The van der Waals surface area contributed by atoms with E-state index in [0.29, 0.717) is 5.16 Å². The van der Waals surface area contributed by atoms with Gasteiger partial charge in [0, 0.05) is 13.1 Å². The molecule has 1 aliphatic rings. The smallest absolute Gasteiger partial charge is 0.234 e. The van der Waals surface area contributed by atoms with Crippen LogP contribution in [0.15, 0.2) is 23.4 Å². The molecule has 2 N–H and O–H groups in total.